The van der Waals surface area contributed by atoms with Gasteiger partial charge in [0.1, 0.15) is 5.69 Å². The van der Waals surface area contributed by atoms with Crippen molar-refractivity contribution in [2.75, 3.05) is 37.7 Å². The lowest BCUT2D eigenvalue weighted by atomic mass is 10.0. The van der Waals surface area contributed by atoms with Crippen LogP contribution in [0.2, 0.25) is 0 Å². The first-order valence-electron chi connectivity index (χ1n) is 9.78. The van der Waals surface area contributed by atoms with Gasteiger partial charge in [-0.15, -0.1) is 0 Å². The molecule has 8 nitrogen and oxygen atoms in total. The van der Waals surface area contributed by atoms with Gasteiger partial charge in [0.05, 0.1) is 25.5 Å². The van der Waals surface area contributed by atoms with Gasteiger partial charge in [0.2, 0.25) is 5.95 Å². The first kappa shape index (κ1) is 17.8. The Kier molecular flexibility index (Phi) is 4.48. The molecule has 3 aromatic rings. The number of carbonyl (C=O) groups is 1. The summed E-state index contributed by atoms with van der Waals surface area (Å²) in [5, 5.41) is 1.81. The zero-order valence-corrected chi connectivity index (χ0v) is 15.9. The van der Waals surface area contributed by atoms with Crippen LogP contribution in [0.4, 0.5) is 5.95 Å². The second-order valence-electron chi connectivity index (χ2n) is 7.27. The topological polar surface area (TPSA) is 91.4 Å². The fraction of sp³-hybridized carbons (Fsp3) is 0.333. The normalized spacial score (nSPS) is 16.7. The standard InChI is InChI=1S/C21H21N5O3/c27-19-16-6-8-26(13-17(16)23-21(24-19)25-9-11-29-12-10-25)20(28)18-15-4-2-1-3-14(15)5-7-22-18/h1-5,7H,6,8-13H2,(H,23,24,27). The molecule has 0 aliphatic carbocycles. The van der Waals surface area contributed by atoms with Crippen LogP contribution in [0.15, 0.2) is 41.3 Å². The van der Waals surface area contributed by atoms with E-state index in [2.05, 4.69) is 15.0 Å². The summed E-state index contributed by atoms with van der Waals surface area (Å²) in [5.41, 5.74) is 1.64. The molecule has 1 saturated heterocycles. The number of H-pyrrole nitrogens is 1. The van der Waals surface area contributed by atoms with Gasteiger partial charge in [-0.3, -0.25) is 19.6 Å². The van der Waals surface area contributed by atoms with Gasteiger partial charge < -0.3 is 14.5 Å². The molecule has 29 heavy (non-hydrogen) atoms. The van der Waals surface area contributed by atoms with Crippen LogP contribution in [0.5, 0.6) is 0 Å². The maximum absolute atomic E-state index is 13.2. The summed E-state index contributed by atoms with van der Waals surface area (Å²) in [6.07, 6.45) is 2.14. The minimum atomic E-state index is -0.137. The number of aromatic nitrogens is 3. The third-order valence-corrected chi connectivity index (χ3v) is 5.54. The first-order chi connectivity index (χ1) is 14.2. The van der Waals surface area contributed by atoms with Crippen molar-refractivity contribution in [1.82, 2.24) is 19.9 Å². The van der Waals surface area contributed by atoms with E-state index in [0.717, 1.165) is 10.8 Å². The summed E-state index contributed by atoms with van der Waals surface area (Å²) in [6, 6.07) is 9.62. The molecule has 0 bridgehead atoms. The third kappa shape index (κ3) is 3.25. The van der Waals surface area contributed by atoms with E-state index in [9.17, 15) is 9.59 Å². The molecule has 0 saturated carbocycles. The smallest absolute Gasteiger partial charge is 0.273 e. The van der Waals surface area contributed by atoms with Crippen LogP contribution in [-0.4, -0.2) is 58.6 Å². The number of ether oxygens (including phenoxy) is 1. The SMILES string of the molecule is O=C(c1nccc2ccccc12)N1CCc2c(nc(N3CCOCC3)[nH]c2=O)C1. The number of nitrogens with one attached hydrogen (secondary N) is 1. The molecule has 2 aromatic heterocycles. The maximum atomic E-state index is 13.2. The third-order valence-electron chi connectivity index (χ3n) is 5.54. The molecule has 2 aliphatic heterocycles. The van der Waals surface area contributed by atoms with E-state index in [4.69, 9.17) is 4.74 Å². The molecule has 0 atom stereocenters. The molecule has 8 heteroatoms. The van der Waals surface area contributed by atoms with E-state index in [1.54, 1.807) is 11.1 Å². The van der Waals surface area contributed by atoms with Gasteiger partial charge in [0.25, 0.3) is 11.5 Å². The Morgan fingerprint density at radius 1 is 1.10 bits per heavy atom. The van der Waals surface area contributed by atoms with Gasteiger partial charge in [-0.25, -0.2) is 4.98 Å². The van der Waals surface area contributed by atoms with Crippen molar-refractivity contribution in [3.8, 4) is 0 Å². The van der Waals surface area contributed by atoms with Crippen molar-refractivity contribution < 1.29 is 9.53 Å². The molecule has 5 rings (SSSR count). The van der Waals surface area contributed by atoms with Crippen LogP contribution in [0.3, 0.4) is 0 Å². The van der Waals surface area contributed by atoms with Gasteiger partial charge in [-0.2, -0.15) is 0 Å². The van der Waals surface area contributed by atoms with Crippen molar-refractivity contribution in [3.63, 3.8) is 0 Å². The molecule has 0 spiro atoms. The highest BCUT2D eigenvalue weighted by Crippen LogP contribution is 2.22. The number of pyridine rings is 1. The number of fused-ring (bicyclic) bond motifs is 2. The van der Waals surface area contributed by atoms with Crippen LogP contribution >= 0.6 is 0 Å². The minimum Gasteiger partial charge on any atom is -0.378 e. The van der Waals surface area contributed by atoms with E-state index in [0.29, 0.717) is 68.7 Å². The summed E-state index contributed by atoms with van der Waals surface area (Å²) < 4.78 is 5.38. The molecule has 148 valence electrons. The highest BCUT2D eigenvalue weighted by atomic mass is 16.5. The van der Waals surface area contributed by atoms with Crippen molar-refractivity contribution >= 4 is 22.6 Å². The van der Waals surface area contributed by atoms with Crippen LogP contribution in [0.25, 0.3) is 10.8 Å². The lowest BCUT2D eigenvalue weighted by molar-refractivity contribution is 0.0727. The van der Waals surface area contributed by atoms with Crippen LogP contribution in [-0.2, 0) is 17.7 Å². The van der Waals surface area contributed by atoms with Gasteiger partial charge in [0.15, 0.2) is 0 Å². The zero-order chi connectivity index (χ0) is 19.8. The first-order valence-corrected chi connectivity index (χ1v) is 9.78. The highest BCUT2D eigenvalue weighted by Gasteiger charge is 2.27. The molecule has 2 aliphatic rings. The number of hydrogen-bond acceptors (Lipinski definition) is 6. The van der Waals surface area contributed by atoms with Crippen LogP contribution < -0.4 is 10.5 Å². The van der Waals surface area contributed by atoms with Crippen molar-refractivity contribution in [3.05, 3.63) is 63.8 Å². The number of nitrogens with zero attached hydrogens (tertiary/aromatic N) is 4. The largest absolute Gasteiger partial charge is 0.378 e. The summed E-state index contributed by atoms with van der Waals surface area (Å²) in [4.78, 5) is 41.5. The van der Waals surface area contributed by atoms with Gasteiger partial charge in [0, 0.05) is 36.8 Å². The Bertz CT molecular complexity index is 1130. The Morgan fingerprint density at radius 3 is 2.79 bits per heavy atom. The average molecular weight is 391 g/mol. The number of morpholine rings is 1. The predicted octanol–water partition coefficient (Wildman–Crippen LogP) is 1.35. The number of benzene rings is 1. The van der Waals surface area contributed by atoms with E-state index >= 15 is 0 Å². The summed E-state index contributed by atoms with van der Waals surface area (Å²) in [7, 11) is 0. The summed E-state index contributed by atoms with van der Waals surface area (Å²) in [5.74, 6) is 0.414. The van der Waals surface area contributed by atoms with Crippen LogP contribution in [0, 0.1) is 0 Å². The van der Waals surface area contributed by atoms with E-state index in [1.807, 2.05) is 35.2 Å². The van der Waals surface area contributed by atoms with Crippen molar-refractivity contribution in [2.45, 2.75) is 13.0 Å². The van der Waals surface area contributed by atoms with E-state index in [1.165, 1.54) is 0 Å². The molecular formula is C21H21N5O3. The quantitative estimate of drug-likeness (QED) is 0.709. The fourth-order valence-corrected chi connectivity index (χ4v) is 3.96. The molecule has 0 unspecified atom stereocenters. The molecule has 0 radical (unpaired) electrons. The number of aromatic amines is 1. The Morgan fingerprint density at radius 2 is 1.93 bits per heavy atom. The number of anilines is 1. The Balaban J connectivity index is 1.46. The second kappa shape index (κ2) is 7.29. The predicted molar refractivity (Wildman–Crippen MR) is 108 cm³/mol. The van der Waals surface area contributed by atoms with Gasteiger partial charge >= 0.3 is 0 Å². The fourth-order valence-electron chi connectivity index (χ4n) is 3.96. The van der Waals surface area contributed by atoms with Crippen molar-refractivity contribution in [2.24, 2.45) is 0 Å². The van der Waals surface area contributed by atoms with E-state index in [-0.39, 0.29) is 11.5 Å². The molecule has 1 amide bonds. The average Bonchev–Trinajstić information content (AvgIpc) is 2.78. The molecule has 1 aromatic carbocycles. The van der Waals surface area contributed by atoms with Gasteiger partial charge in [-0.1, -0.05) is 24.3 Å². The number of amides is 1. The Labute approximate surface area is 167 Å². The number of rotatable bonds is 2. The summed E-state index contributed by atoms with van der Waals surface area (Å²) >= 11 is 0. The molecule has 4 heterocycles. The number of carbonyl (C=O) groups excluding carboxylic acids is 1. The van der Waals surface area contributed by atoms with E-state index < -0.39 is 0 Å². The highest BCUT2D eigenvalue weighted by molar-refractivity contribution is 6.05. The lowest BCUT2D eigenvalue weighted by Gasteiger charge is -2.30. The minimum absolute atomic E-state index is 0.119. The monoisotopic (exact) mass is 391 g/mol. The lowest BCUT2D eigenvalue weighted by Crippen LogP contribution is -2.42. The second-order valence-corrected chi connectivity index (χ2v) is 7.27. The maximum Gasteiger partial charge on any atom is 0.273 e. The molecule has 1 N–H and O–H groups in total. The molecule has 1 fully saturated rings. The zero-order valence-electron chi connectivity index (χ0n) is 15.9. The van der Waals surface area contributed by atoms with Crippen molar-refractivity contribution in [1.29, 1.82) is 0 Å². The van der Waals surface area contributed by atoms with Crippen LogP contribution in [0.1, 0.15) is 21.7 Å². The summed E-state index contributed by atoms with van der Waals surface area (Å²) in [6.45, 7) is 3.36. The Hall–Kier alpha value is -3.26. The van der Waals surface area contributed by atoms with Gasteiger partial charge in [-0.05, 0) is 17.9 Å². The molecular weight excluding hydrogens is 370 g/mol. The number of hydrogen-bond donors (Lipinski definition) is 1.